The molecule has 2 aliphatic rings. The van der Waals surface area contributed by atoms with Gasteiger partial charge in [0.2, 0.25) is 0 Å². The monoisotopic (exact) mass is 306 g/mol. The van der Waals surface area contributed by atoms with Gasteiger partial charge in [0, 0.05) is 11.1 Å². The van der Waals surface area contributed by atoms with E-state index in [9.17, 15) is 9.59 Å². The Bertz CT molecular complexity index is 776. The Morgan fingerprint density at radius 3 is 2.87 bits per heavy atom. The molecular formula is C20H18O3. The summed E-state index contributed by atoms with van der Waals surface area (Å²) in [5.41, 5.74) is 5.42. The van der Waals surface area contributed by atoms with Crippen LogP contribution in [0.1, 0.15) is 35.2 Å². The Kier molecular flexibility index (Phi) is 4.38. The van der Waals surface area contributed by atoms with E-state index < -0.39 is 0 Å². The summed E-state index contributed by atoms with van der Waals surface area (Å²) in [7, 11) is 1.40. The van der Waals surface area contributed by atoms with Crippen molar-refractivity contribution >= 4 is 17.8 Å². The van der Waals surface area contributed by atoms with Crippen LogP contribution in [0.2, 0.25) is 0 Å². The minimum atomic E-state index is -0.308. The second kappa shape index (κ2) is 6.61. The van der Waals surface area contributed by atoms with Gasteiger partial charge >= 0.3 is 5.97 Å². The summed E-state index contributed by atoms with van der Waals surface area (Å²) < 4.78 is 4.87. The van der Waals surface area contributed by atoms with E-state index in [1.807, 2.05) is 36.4 Å². The molecule has 1 aromatic rings. The van der Waals surface area contributed by atoms with Crippen LogP contribution in [0.15, 0.2) is 65.3 Å². The van der Waals surface area contributed by atoms with Crippen LogP contribution < -0.4 is 0 Å². The van der Waals surface area contributed by atoms with Crippen molar-refractivity contribution in [1.29, 1.82) is 0 Å². The Balaban J connectivity index is 2.13. The predicted octanol–water partition coefficient (Wildman–Crippen LogP) is 4.03. The maximum absolute atomic E-state index is 11.9. The van der Waals surface area contributed by atoms with E-state index in [1.165, 1.54) is 12.7 Å². The summed E-state index contributed by atoms with van der Waals surface area (Å²) in [4.78, 5) is 23.3. The largest absolute Gasteiger partial charge is 0.466 e. The van der Waals surface area contributed by atoms with Gasteiger partial charge in [-0.2, -0.15) is 0 Å². The third-order valence-electron chi connectivity index (χ3n) is 4.20. The molecule has 116 valence electrons. The van der Waals surface area contributed by atoms with Crippen LogP contribution in [0.4, 0.5) is 0 Å². The molecule has 3 nitrogen and oxygen atoms in total. The van der Waals surface area contributed by atoms with Crippen LogP contribution in [0.3, 0.4) is 0 Å². The second-order valence-corrected chi connectivity index (χ2v) is 5.57. The van der Waals surface area contributed by atoms with Gasteiger partial charge < -0.3 is 4.74 Å². The molecule has 0 aliphatic heterocycles. The number of esters is 1. The van der Waals surface area contributed by atoms with Gasteiger partial charge in [-0.15, -0.1) is 0 Å². The van der Waals surface area contributed by atoms with Crippen molar-refractivity contribution in [2.45, 2.75) is 19.3 Å². The molecule has 0 aromatic heterocycles. The van der Waals surface area contributed by atoms with E-state index in [1.54, 1.807) is 0 Å². The van der Waals surface area contributed by atoms with Gasteiger partial charge in [0.1, 0.15) is 0 Å². The van der Waals surface area contributed by atoms with Crippen LogP contribution in [0.5, 0.6) is 0 Å². The smallest absolute Gasteiger partial charge is 0.334 e. The Morgan fingerprint density at radius 2 is 2.09 bits per heavy atom. The highest BCUT2D eigenvalue weighted by Crippen LogP contribution is 2.37. The van der Waals surface area contributed by atoms with E-state index in [-0.39, 0.29) is 5.97 Å². The molecule has 0 N–H and O–H groups in total. The lowest BCUT2D eigenvalue weighted by Crippen LogP contribution is -2.06. The van der Waals surface area contributed by atoms with E-state index in [2.05, 4.69) is 12.2 Å². The van der Waals surface area contributed by atoms with Gasteiger partial charge in [-0.05, 0) is 47.6 Å². The molecule has 0 radical (unpaired) electrons. The number of hydrogen-bond acceptors (Lipinski definition) is 3. The third kappa shape index (κ3) is 2.95. The zero-order valence-electron chi connectivity index (χ0n) is 13.0. The predicted molar refractivity (Wildman–Crippen MR) is 89.9 cm³/mol. The molecule has 0 saturated heterocycles. The van der Waals surface area contributed by atoms with Crippen molar-refractivity contribution in [3.63, 3.8) is 0 Å². The minimum Gasteiger partial charge on any atom is -0.466 e. The number of allylic oxidation sites excluding steroid dienone is 7. The lowest BCUT2D eigenvalue weighted by molar-refractivity contribution is -0.136. The summed E-state index contributed by atoms with van der Waals surface area (Å²) in [6.45, 7) is 0. The summed E-state index contributed by atoms with van der Waals surface area (Å²) in [6.07, 6.45) is 11.4. The van der Waals surface area contributed by atoms with Crippen LogP contribution in [0, 0.1) is 0 Å². The van der Waals surface area contributed by atoms with Crippen molar-refractivity contribution < 1.29 is 14.3 Å². The zero-order chi connectivity index (χ0) is 16.2. The molecule has 1 aromatic carbocycles. The highest BCUT2D eigenvalue weighted by Gasteiger charge is 2.20. The number of benzene rings is 1. The number of methoxy groups -OCH3 is 1. The van der Waals surface area contributed by atoms with Gasteiger partial charge in [-0.1, -0.05) is 42.5 Å². The molecule has 0 heterocycles. The summed E-state index contributed by atoms with van der Waals surface area (Å²) >= 11 is 0. The highest BCUT2D eigenvalue weighted by atomic mass is 16.5. The Hall–Kier alpha value is -2.68. The molecule has 23 heavy (non-hydrogen) atoms. The lowest BCUT2D eigenvalue weighted by atomic mass is 9.85. The Morgan fingerprint density at radius 1 is 1.26 bits per heavy atom. The van der Waals surface area contributed by atoms with Crippen LogP contribution >= 0.6 is 0 Å². The SMILES string of the molecule is COC(=O)C1=CC2=C(C=CC1)CCC=C2c1ccccc1C=O. The van der Waals surface area contributed by atoms with Crippen molar-refractivity contribution in [3.8, 4) is 0 Å². The van der Waals surface area contributed by atoms with Gasteiger partial charge in [-0.3, -0.25) is 4.79 Å². The molecule has 3 rings (SSSR count). The lowest BCUT2D eigenvalue weighted by Gasteiger charge is -2.19. The minimum absolute atomic E-state index is 0.308. The normalized spacial score (nSPS) is 16.9. The maximum atomic E-state index is 11.9. The number of carbonyl (C=O) groups is 2. The molecular weight excluding hydrogens is 288 g/mol. The number of aldehydes is 1. The summed E-state index contributed by atoms with van der Waals surface area (Å²) in [5.74, 6) is -0.308. The molecule has 2 aliphatic carbocycles. The number of rotatable bonds is 3. The van der Waals surface area contributed by atoms with E-state index >= 15 is 0 Å². The average molecular weight is 306 g/mol. The molecule has 0 fully saturated rings. The van der Waals surface area contributed by atoms with Crippen LogP contribution in [-0.4, -0.2) is 19.4 Å². The van der Waals surface area contributed by atoms with Gasteiger partial charge in [0.05, 0.1) is 7.11 Å². The Labute approximate surface area is 135 Å². The van der Waals surface area contributed by atoms with E-state index in [0.717, 1.165) is 35.8 Å². The molecule has 0 saturated carbocycles. The number of hydrogen-bond donors (Lipinski definition) is 0. The van der Waals surface area contributed by atoms with Crippen LogP contribution in [0.25, 0.3) is 5.57 Å². The maximum Gasteiger partial charge on any atom is 0.334 e. The van der Waals surface area contributed by atoms with Gasteiger partial charge in [0.25, 0.3) is 0 Å². The quantitative estimate of drug-likeness (QED) is 0.625. The molecule has 0 amide bonds. The zero-order valence-corrected chi connectivity index (χ0v) is 13.0. The third-order valence-corrected chi connectivity index (χ3v) is 4.20. The first kappa shape index (κ1) is 15.2. The van der Waals surface area contributed by atoms with E-state index in [4.69, 9.17) is 4.74 Å². The topological polar surface area (TPSA) is 43.4 Å². The fourth-order valence-electron chi connectivity index (χ4n) is 3.07. The van der Waals surface area contributed by atoms with Gasteiger partial charge in [0.15, 0.2) is 6.29 Å². The molecule has 0 atom stereocenters. The fourth-order valence-corrected chi connectivity index (χ4v) is 3.07. The molecule has 0 bridgehead atoms. The first-order valence-electron chi connectivity index (χ1n) is 7.68. The number of carbonyl (C=O) groups excluding carboxylic acids is 2. The second-order valence-electron chi connectivity index (χ2n) is 5.57. The summed E-state index contributed by atoms with van der Waals surface area (Å²) in [5, 5.41) is 0. The summed E-state index contributed by atoms with van der Waals surface area (Å²) in [6, 6.07) is 7.55. The molecule has 0 spiro atoms. The first-order valence-corrected chi connectivity index (χ1v) is 7.68. The van der Waals surface area contributed by atoms with Crippen molar-refractivity contribution in [2.24, 2.45) is 0 Å². The molecule has 3 heteroatoms. The standard InChI is InChI=1S/C20H18O3/c1-23-20(22)15-9-4-7-14-8-5-11-18(19(14)12-15)17-10-3-2-6-16(17)13-21/h2-4,6-7,10-13H,5,8-9H2,1H3. The molecule has 0 unspecified atom stereocenters. The fraction of sp³-hybridized carbons (Fsp3) is 0.200. The van der Waals surface area contributed by atoms with Gasteiger partial charge in [-0.25, -0.2) is 4.79 Å². The number of ether oxygens (including phenoxy) is 1. The van der Waals surface area contributed by atoms with Crippen molar-refractivity contribution in [3.05, 3.63) is 76.4 Å². The van der Waals surface area contributed by atoms with Crippen LogP contribution in [-0.2, 0) is 9.53 Å². The van der Waals surface area contributed by atoms with Crippen molar-refractivity contribution in [2.75, 3.05) is 7.11 Å². The average Bonchev–Trinajstić information content (AvgIpc) is 2.83. The van der Waals surface area contributed by atoms with Crippen molar-refractivity contribution in [1.82, 2.24) is 0 Å². The first-order chi connectivity index (χ1) is 11.2. The highest BCUT2D eigenvalue weighted by molar-refractivity contribution is 5.96. The van der Waals surface area contributed by atoms with E-state index in [0.29, 0.717) is 17.6 Å².